The van der Waals surface area contributed by atoms with Crippen LogP contribution in [0, 0.1) is 5.92 Å². The molecule has 0 saturated carbocycles. The summed E-state index contributed by atoms with van der Waals surface area (Å²) in [6, 6.07) is 5.86. The van der Waals surface area contributed by atoms with E-state index in [1.165, 1.54) is 0 Å². The number of phenols is 1. The highest BCUT2D eigenvalue weighted by Gasteiger charge is 2.16. The smallest absolute Gasteiger partial charge is 0.120 e. The second-order valence-electron chi connectivity index (χ2n) is 5.81. The molecule has 94 valence electrons. The molecule has 1 atom stereocenters. The molecule has 0 amide bonds. The summed E-state index contributed by atoms with van der Waals surface area (Å²) in [5.41, 5.74) is 2.10. The van der Waals surface area contributed by atoms with E-state index in [9.17, 15) is 9.90 Å². The molecule has 0 bridgehead atoms. The average molecular weight is 234 g/mol. The van der Waals surface area contributed by atoms with Gasteiger partial charge >= 0.3 is 0 Å². The third-order valence-electron chi connectivity index (χ3n) is 3.02. The first-order valence-corrected chi connectivity index (χ1v) is 6.10. The summed E-state index contributed by atoms with van der Waals surface area (Å²) in [5.74, 6) is 0.620. The van der Waals surface area contributed by atoms with Crippen molar-refractivity contribution in [2.24, 2.45) is 5.92 Å². The van der Waals surface area contributed by atoms with Crippen LogP contribution in [0.3, 0.4) is 0 Å². The van der Waals surface area contributed by atoms with Crippen LogP contribution in [0.5, 0.6) is 5.75 Å². The largest absolute Gasteiger partial charge is 0.508 e. The van der Waals surface area contributed by atoms with Crippen molar-refractivity contribution < 1.29 is 9.90 Å². The van der Waals surface area contributed by atoms with Crippen LogP contribution in [0.25, 0.3) is 0 Å². The molecule has 0 aromatic heterocycles. The van der Waals surface area contributed by atoms with Gasteiger partial charge in [-0.1, -0.05) is 39.8 Å². The van der Waals surface area contributed by atoms with E-state index in [-0.39, 0.29) is 11.3 Å². The number of hydrogen-bond acceptors (Lipinski definition) is 2. The number of phenolic OH excluding ortho intramolecular Hbond substituents is 1. The number of carbonyl (C=O) groups is 1. The van der Waals surface area contributed by atoms with E-state index in [1.807, 2.05) is 19.1 Å². The topological polar surface area (TPSA) is 37.3 Å². The molecule has 0 spiro atoms. The summed E-state index contributed by atoms with van der Waals surface area (Å²) < 4.78 is 0. The zero-order valence-corrected chi connectivity index (χ0v) is 11.2. The summed E-state index contributed by atoms with van der Waals surface area (Å²) >= 11 is 0. The van der Waals surface area contributed by atoms with Crippen LogP contribution < -0.4 is 0 Å². The molecule has 2 heteroatoms. The molecule has 1 aromatic rings. The molecular formula is C15H22O2. The summed E-state index contributed by atoms with van der Waals surface area (Å²) in [5, 5.41) is 9.98. The van der Waals surface area contributed by atoms with Crippen molar-refractivity contribution in [1.29, 1.82) is 0 Å². The van der Waals surface area contributed by atoms with Crippen molar-refractivity contribution >= 4 is 6.29 Å². The monoisotopic (exact) mass is 234 g/mol. The van der Waals surface area contributed by atoms with Gasteiger partial charge < -0.3 is 9.90 Å². The standard InChI is InChI=1S/C15H22O2/c1-11(7-8-16)9-12-5-6-13(10-14(12)17)15(2,3)4/h5-6,8,10-11,17H,7,9H2,1-4H3. The Labute approximate surface area is 104 Å². The van der Waals surface area contributed by atoms with Crippen LogP contribution in [0.1, 0.15) is 45.2 Å². The van der Waals surface area contributed by atoms with Gasteiger partial charge in [0, 0.05) is 6.42 Å². The second kappa shape index (κ2) is 5.35. The maximum atomic E-state index is 10.4. The minimum atomic E-state index is 0.0461. The van der Waals surface area contributed by atoms with Gasteiger partial charge in [-0.15, -0.1) is 0 Å². The average Bonchev–Trinajstić information content (AvgIpc) is 2.20. The lowest BCUT2D eigenvalue weighted by atomic mass is 9.85. The van der Waals surface area contributed by atoms with E-state index in [1.54, 1.807) is 0 Å². The number of benzene rings is 1. The third kappa shape index (κ3) is 3.88. The Morgan fingerprint density at radius 2 is 2.00 bits per heavy atom. The first kappa shape index (κ1) is 13.8. The van der Waals surface area contributed by atoms with Crippen molar-refractivity contribution in [3.05, 3.63) is 29.3 Å². The normalized spacial score (nSPS) is 13.4. The Bertz CT molecular complexity index is 388. The van der Waals surface area contributed by atoms with Crippen molar-refractivity contribution in [2.45, 2.75) is 46.0 Å². The van der Waals surface area contributed by atoms with Crippen LogP contribution in [0.15, 0.2) is 18.2 Å². The summed E-state index contributed by atoms with van der Waals surface area (Å²) in [7, 11) is 0. The number of aromatic hydroxyl groups is 1. The SMILES string of the molecule is CC(CC=O)Cc1ccc(C(C)(C)C)cc1O. The van der Waals surface area contributed by atoms with Crippen molar-refractivity contribution in [3.8, 4) is 5.75 Å². The maximum Gasteiger partial charge on any atom is 0.120 e. The lowest BCUT2D eigenvalue weighted by molar-refractivity contribution is -0.108. The predicted octanol–water partition coefficient (Wildman–Crippen LogP) is 3.46. The quantitative estimate of drug-likeness (QED) is 0.810. The molecule has 1 N–H and O–H groups in total. The third-order valence-corrected chi connectivity index (χ3v) is 3.02. The molecule has 0 saturated heterocycles. The van der Waals surface area contributed by atoms with Gasteiger partial charge in [-0.2, -0.15) is 0 Å². The molecular weight excluding hydrogens is 212 g/mol. The second-order valence-corrected chi connectivity index (χ2v) is 5.81. The van der Waals surface area contributed by atoms with E-state index in [0.29, 0.717) is 12.2 Å². The van der Waals surface area contributed by atoms with Crippen LogP contribution in [-0.2, 0) is 16.6 Å². The van der Waals surface area contributed by atoms with Gasteiger partial charge in [-0.3, -0.25) is 0 Å². The molecule has 0 aliphatic rings. The van der Waals surface area contributed by atoms with Gasteiger partial charge in [0.2, 0.25) is 0 Å². The van der Waals surface area contributed by atoms with E-state index in [0.717, 1.165) is 23.8 Å². The first-order chi connectivity index (χ1) is 7.84. The van der Waals surface area contributed by atoms with Gasteiger partial charge in [0.15, 0.2) is 0 Å². The Kier molecular flexibility index (Phi) is 4.33. The maximum absolute atomic E-state index is 10.4. The lowest BCUT2D eigenvalue weighted by Crippen LogP contribution is -2.11. The number of carbonyl (C=O) groups excluding carboxylic acids is 1. The molecule has 0 fully saturated rings. The van der Waals surface area contributed by atoms with E-state index in [4.69, 9.17) is 0 Å². The Morgan fingerprint density at radius 3 is 2.47 bits per heavy atom. The summed E-state index contributed by atoms with van der Waals surface area (Å²) in [6.45, 7) is 8.38. The Balaban J connectivity index is 2.87. The molecule has 1 aromatic carbocycles. The number of aldehydes is 1. The molecule has 0 aliphatic carbocycles. The van der Waals surface area contributed by atoms with Crippen molar-refractivity contribution in [1.82, 2.24) is 0 Å². The van der Waals surface area contributed by atoms with Crippen LogP contribution in [0.4, 0.5) is 0 Å². The molecule has 0 heterocycles. The van der Waals surface area contributed by atoms with Crippen molar-refractivity contribution in [3.63, 3.8) is 0 Å². The van der Waals surface area contributed by atoms with Crippen LogP contribution in [0.2, 0.25) is 0 Å². The molecule has 17 heavy (non-hydrogen) atoms. The lowest BCUT2D eigenvalue weighted by Gasteiger charge is -2.20. The molecule has 1 unspecified atom stereocenters. The van der Waals surface area contributed by atoms with E-state index < -0.39 is 0 Å². The number of rotatable bonds is 4. The predicted molar refractivity (Wildman–Crippen MR) is 70.4 cm³/mol. The van der Waals surface area contributed by atoms with E-state index >= 15 is 0 Å². The molecule has 2 nitrogen and oxygen atoms in total. The minimum Gasteiger partial charge on any atom is -0.508 e. The van der Waals surface area contributed by atoms with E-state index in [2.05, 4.69) is 26.8 Å². The Hall–Kier alpha value is -1.31. The van der Waals surface area contributed by atoms with Gasteiger partial charge in [-0.25, -0.2) is 0 Å². The van der Waals surface area contributed by atoms with Gasteiger partial charge in [0.1, 0.15) is 12.0 Å². The van der Waals surface area contributed by atoms with Crippen molar-refractivity contribution in [2.75, 3.05) is 0 Å². The molecule has 1 rings (SSSR count). The summed E-state index contributed by atoms with van der Waals surface area (Å²) in [4.78, 5) is 10.4. The fraction of sp³-hybridized carbons (Fsp3) is 0.533. The highest BCUT2D eigenvalue weighted by molar-refractivity contribution is 5.50. The van der Waals surface area contributed by atoms with Crippen LogP contribution >= 0.6 is 0 Å². The zero-order valence-electron chi connectivity index (χ0n) is 11.2. The number of hydrogen-bond donors (Lipinski definition) is 1. The fourth-order valence-electron chi connectivity index (χ4n) is 1.83. The Morgan fingerprint density at radius 1 is 1.35 bits per heavy atom. The summed E-state index contributed by atoms with van der Waals surface area (Å²) in [6.07, 6.45) is 2.22. The fourth-order valence-corrected chi connectivity index (χ4v) is 1.83. The molecule has 0 aliphatic heterocycles. The highest BCUT2D eigenvalue weighted by Crippen LogP contribution is 2.29. The van der Waals surface area contributed by atoms with Gasteiger partial charge in [-0.05, 0) is 34.9 Å². The van der Waals surface area contributed by atoms with Crippen LogP contribution in [-0.4, -0.2) is 11.4 Å². The van der Waals surface area contributed by atoms with Gasteiger partial charge in [0.05, 0.1) is 0 Å². The molecule has 0 radical (unpaired) electrons. The minimum absolute atomic E-state index is 0.0461. The highest BCUT2D eigenvalue weighted by atomic mass is 16.3. The first-order valence-electron chi connectivity index (χ1n) is 6.10. The van der Waals surface area contributed by atoms with Gasteiger partial charge in [0.25, 0.3) is 0 Å². The zero-order chi connectivity index (χ0) is 13.1.